The summed E-state index contributed by atoms with van der Waals surface area (Å²) in [6.07, 6.45) is 1.52. The Morgan fingerprint density at radius 2 is 2.20 bits per heavy atom. The van der Waals surface area contributed by atoms with Gasteiger partial charge in [0.2, 0.25) is 5.43 Å². The molecule has 20 heavy (non-hydrogen) atoms. The van der Waals surface area contributed by atoms with Gasteiger partial charge in [-0.3, -0.25) is 9.59 Å². The zero-order chi connectivity index (χ0) is 14.7. The van der Waals surface area contributed by atoms with Gasteiger partial charge in [-0.15, -0.1) is 0 Å². The second kappa shape index (κ2) is 5.75. The molecule has 2 rings (SSSR count). The molecule has 1 aromatic heterocycles. The highest BCUT2D eigenvalue weighted by atomic mass is 16.3. The van der Waals surface area contributed by atoms with Crippen molar-refractivity contribution in [3.8, 4) is 0 Å². The first-order valence-corrected chi connectivity index (χ1v) is 6.40. The number of aliphatic hydroxyl groups excluding tert-OH is 1. The number of carbonyl (C=O) groups excluding carboxylic acids is 1. The molecule has 0 radical (unpaired) electrons. The molecule has 4 N–H and O–H groups in total. The molecule has 6 nitrogen and oxygen atoms in total. The van der Waals surface area contributed by atoms with Gasteiger partial charge in [0.05, 0.1) is 17.5 Å². The Labute approximate surface area is 115 Å². The highest BCUT2D eigenvalue weighted by Gasteiger charge is 2.16. The van der Waals surface area contributed by atoms with Crippen LogP contribution in [0.4, 0.5) is 5.69 Å². The van der Waals surface area contributed by atoms with Crippen molar-refractivity contribution in [1.29, 1.82) is 0 Å². The second-order valence-corrected chi connectivity index (χ2v) is 4.38. The molecule has 0 saturated heterocycles. The lowest BCUT2D eigenvalue weighted by Crippen LogP contribution is -2.31. The number of nitrogens with one attached hydrogen (secondary N) is 1. The van der Waals surface area contributed by atoms with E-state index in [4.69, 9.17) is 10.8 Å². The minimum absolute atomic E-state index is 0.0331. The predicted octanol–water partition coefficient (Wildman–Crippen LogP) is 0.326. The number of nitrogens with two attached hydrogens (primary N) is 1. The first kappa shape index (κ1) is 14.1. The van der Waals surface area contributed by atoms with Crippen LogP contribution in [0.15, 0.2) is 29.2 Å². The first-order chi connectivity index (χ1) is 9.60. The number of aromatic nitrogens is 1. The number of amides is 1. The second-order valence-electron chi connectivity index (χ2n) is 4.38. The van der Waals surface area contributed by atoms with Gasteiger partial charge in [-0.2, -0.15) is 0 Å². The third-order valence-corrected chi connectivity index (χ3v) is 3.12. The van der Waals surface area contributed by atoms with E-state index in [1.54, 1.807) is 22.8 Å². The van der Waals surface area contributed by atoms with Crippen LogP contribution in [0.1, 0.15) is 17.3 Å². The van der Waals surface area contributed by atoms with Gasteiger partial charge in [0, 0.05) is 25.0 Å². The van der Waals surface area contributed by atoms with Crippen molar-refractivity contribution >= 4 is 22.5 Å². The van der Waals surface area contributed by atoms with Gasteiger partial charge in [-0.25, -0.2) is 0 Å². The summed E-state index contributed by atoms with van der Waals surface area (Å²) >= 11 is 0. The van der Waals surface area contributed by atoms with Crippen LogP contribution in [-0.4, -0.2) is 28.7 Å². The van der Waals surface area contributed by atoms with E-state index in [0.717, 1.165) is 0 Å². The number of hydrogen-bond donors (Lipinski definition) is 3. The lowest BCUT2D eigenvalue weighted by molar-refractivity contribution is 0.0943. The van der Waals surface area contributed by atoms with E-state index in [2.05, 4.69) is 5.32 Å². The molecule has 6 heteroatoms. The van der Waals surface area contributed by atoms with Gasteiger partial charge in [-0.1, -0.05) is 6.07 Å². The summed E-state index contributed by atoms with van der Waals surface area (Å²) in [5.74, 6) is -0.503. The zero-order valence-corrected chi connectivity index (χ0v) is 11.2. The molecule has 0 aliphatic heterocycles. The Hall–Kier alpha value is -2.34. The summed E-state index contributed by atoms with van der Waals surface area (Å²) in [5, 5.41) is 11.6. The van der Waals surface area contributed by atoms with Gasteiger partial charge in [0.15, 0.2) is 0 Å². The summed E-state index contributed by atoms with van der Waals surface area (Å²) in [4.78, 5) is 24.4. The van der Waals surface area contributed by atoms with Gasteiger partial charge in [0.25, 0.3) is 5.91 Å². The molecule has 0 aliphatic carbocycles. The molecule has 106 valence electrons. The molecule has 2 aromatic rings. The SMILES string of the molecule is CCn1cc(C(=O)NCCO)c(=O)c2c(N)cccc21. The maximum Gasteiger partial charge on any atom is 0.256 e. The number of carbonyl (C=O) groups is 1. The summed E-state index contributed by atoms with van der Waals surface area (Å²) in [6, 6.07) is 5.21. The van der Waals surface area contributed by atoms with Crippen molar-refractivity contribution in [2.75, 3.05) is 18.9 Å². The topological polar surface area (TPSA) is 97.4 Å². The minimum Gasteiger partial charge on any atom is -0.398 e. The lowest BCUT2D eigenvalue weighted by Gasteiger charge is -2.12. The molecule has 1 aromatic carbocycles. The van der Waals surface area contributed by atoms with Crippen LogP contribution in [0.25, 0.3) is 10.9 Å². The molecule has 1 heterocycles. The maximum atomic E-state index is 12.4. The van der Waals surface area contributed by atoms with E-state index in [1.165, 1.54) is 6.20 Å². The van der Waals surface area contributed by atoms with Gasteiger partial charge < -0.3 is 20.7 Å². The fourth-order valence-electron chi connectivity index (χ4n) is 2.15. The minimum atomic E-state index is -0.503. The summed E-state index contributed by atoms with van der Waals surface area (Å²) < 4.78 is 1.81. The van der Waals surface area contributed by atoms with Crippen molar-refractivity contribution in [2.45, 2.75) is 13.5 Å². The number of nitrogen functional groups attached to an aromatic ring is 1. The van der Waals surface area contributed by atoms with E-state index in [9.17, 15) is 9.59 Å². The normalized spacial score (nSPS) is 10.7. The number of aryl methyl sites for hydroxylation is 1. The molecule has 0 saturated carbocycles. The average Bonchev–Trinajstić information content (AvgIpc) is 2.45. The maximum absolute atomic E-state index is 12.4. The van der Waals surface area contributed by atoms with Crippen LogP contribution in [-0.2, 0) is 6.54 Å². The van der Waals surface area contributed by atoms with Crippen LogP contribution in [0.5, 0.6) is 0 Å². The Morgan fingerprint density at radius 1 is 1.45 bits per heavy atom. The van der Waals surface area contributed by atoms with Crippen molar-refractivity contribution in [2.24, 2.45) is 0 Å². The molecule has 0 unspecified atom stereocenters. The predicted molar refractivity (Wildman–Crippen MR) is 77.7 cm³/mol. The van der Waals surface area contributed by atoms with Crippen LogP contribution in [0, 0.1) is 0 Å². The Bertz CT molecular complexity index is 707. The van der Waals surface area contributed by atoms with E-state index in [1.807, 2.05) is 6.92 Å². The highest BCUT2D eigenvalue weighted by molar-refractivity contribution is 6.00. The summed E-state index contributed by atoms with van der Waals surface area (Å²) in [5.41, 5.74) is 6.57. The number of rotatable bonds is 4. The van der Waals surface area contributed by atoms with Gasteiger partial charge in [0.1, 0.15) is 5.56 Å². The number of fused-ring (bicyclic) bond motifs is 1. The third kappa shape index (κ3) is 2.37. The zero-order valence-electron chi connectivity index (χ0n) is 11.2. The van der Waals surface area contributed by atoms with Crippen LogP contribution in [0.2, 0.25) is 0 Å². The smallest absolute Gasteiger partial charge is 0.256 e. The molecular weight excluding hydrogens is 258 g/mol. The number of pyridine rings is 1. The lowest BCUT2D eigenvalue weighted by atomic mass is 10.1. The Kier molecular flexibility index (Phi) is 4.05. The van der Waals surface area contributed by atoms with Crippen molar-refractivity contribution in [3.63, 3.8) is 0 Å². The number of benzene rings is 1. The van der Waals surface area contributed by atoms with E-state index in [-0.39, 0.29) is 18.7 Å². The molecular formula is C14H17N3O3. The largest absolute Gasteiger partial charge is 0.398 e. The Morgan fingerprint density at radius 3 is 2.85 bits per heavy atom. The molecule has 0 fully saturated rings. The van der Waals surface area contributed by atoms with Crippen molar-refractivity contribution in [3.05, 3.63) is 40.2 Å². The average molecular weight is 275 g/mol. The quantitative estimate of drug-likeness (QED) is 0.700. The fourth-order valence-corrected chi connectivity index (χ4v) is 2.15. The van der Waals surface area contributed by atoms with E-state index < -0.39 is 11.3 Å². The molecule has 0 spiro atoms. The highest BCUT2D eigenvalue weighted by Crippen LogP contribution is 2.18. The van der Waals surface area contributed by atoms with Gasteiger partial charge in [-0.05, 0) is 19.1 Å². The molecule has 1 amide bonds. The number of nitrogens with zero attached hydrogens (tertiary/aromatic N) is 1. The fraction of sp³-hybridized carbons (Fsp3) is 0.286. The first-order valence-electron chi connectivity index (χ1n) is 6.40. The van der Waals surface area contributed by atoms with E-state index >= 15 is 0 Å². The Balaban J connectivity index is 2.68. The number of anilines is 1. The van der Waals surface area contributed by atoms with E-state index in [0.29, 0.717) is 23.1 Å². The van der Waals surface area contributed by atoms with Crippen LogP contribution < -0.4 is 16.5 Å². The molecule has 0 aliphatic rings. The van der Waals surface area contributed by atoms with Gasteiger partial charge >= 0.3 is 0 Å². The van der Waals surface area contributed by atoms with Crippen LogP contribution in [0.3, 0.4) is 0 Å². The summed E-state index contributed by atoms with van der Waals surface area (Å²) in [7, 11) is 0. The molecule has 0 bridgehead atoms. The van der Waals surface area contributed by atoms with Crippen LogP contribution >= 0.6 is 0 Å². The standard InChI is InChI=1S/C14H17N3O3/c1-2-17-8-9(14(20)16-6-7-18)13(19)12-10(15)4-3-5-11(12)17/h3-5,8,18H,2,6-7,15H2,1H3,(H,16,20). The monoisotopic (exact) mass is 275 g/mol. The third-order valence-electron chi connectivity index (χ3n) is 3.12. The number of hydrogen-bond acceptors (Lipinski definition) is 4. The van der Waals surface area contributed by atoms with Crippen molar-refractivity contribution in [1.82, 2.24) is 9.88 Å². The molecule has 0 atom stereocenters. The number of aliphatic hydroxyl groups is 1. The van der Waals surface area contributed by atoms with Crippen molar-refractivity contribution < 1.29 is 9.90 Å². The summed E-state index contributed by atoms with van der Waals surface area (Å²) in [6.45, 7) is 2.46.